The molecule has 7 amide bonds. The van der Waals surface area contributed by atoms with Gasteiger partial charge in [-0.2, -0.15) is 0 Å². The van der Waals surface area contributed by atoms with Gasteiger partial charge in [-0.1, -0.05) is 76.8 Å². The minimum absolute atomic E-state index is 0.0433. The summed E-state index contributed by atoms with van der Waals surface area (Å²) in [4.78, 5) is 125. The first-order valence-corrected chi connectivity index (χ1v) is 25.1. The van der Waals surface area contributed by atoms with Gasteiger partial charge in [-0.25, -0.2) is 0 Å². The third kappa shape index (κ3) is 22.2. The quantitative estimate of drug-likeness (QED) is 0.0585. The van der Waals surface area contributed by atoms with Crippen molar-refractivity contribution in [3.63, 3.8) is 0 Å². The van der Waals surface area contributed by atoms with Crippen LogP contribution in [-0.2, 0) is 49.6 Å². The number of benzene rings is 1. The number of aliphatic hydroxyl groups is 1. The SMILES string of the molecule is CCCCCCCC(=O)C[C@H](CCN)C(=O)N[C@H]1CCNC(=O)[C@H]([C@@H](C)O)CC(=O)[C@H](CCN)NC(=O)[C@H](CCN)NC(=O)[C@H](CC(C)C)NC(=O)[C@@H](Cc2ccccc2)NC(=O)[C@H](CCN)NC1=O. The molecule has 1 heterocycles. The Labute approximate surface area is 413 Å². The molecule has 1 fully saturated rings. The van der Waals surface area contributed by atoms with Gasteiger partial charge in [0.15, 0.2) is 5.78 Å². The van der Waals surface area contributed by atoms with Gasteiger partial charge in [0.05, 0.1) is 18.1 Å². The molecule has 1 aliphatic rings. The van der Waals surface area contributed by atoms with Crippen LogP contribution in [0.15, 0.2) is 30.3 Å². The summed E-state index contributed by atoms with van der Waals surface area (Å²) in [6.45, 7) is 6.64. The third-order valence-electron chi connectivity index (χ3n) is 12.2. The molecule has 0 aromatic heterocycles. The summed E-state index contributed by atoms with van der Waals surface area (Å²) >= 11 is 0. The maximum atomic E-state index is 14.3. The van der Waals surface area contributed by atoms with E-state index in [4.69, 9.17) is 22.9 Å². The molecule has 9 atom stereocenters. The summed E-state index contributed by atoms with van der Waals surface area (Å²) in [5.41, 5.74) is 24.2. The van der Waals surface area contributed by atoms with Gasteiger partial charge in [-0.15, -0.1) is 0 Å². The lowest BCUT2D eigenvalue weighted by Gasteiger charge is -2.28. The number of Topliss-reactive ketones (excluding diaryl/α,β-unsaturated/α-hetero) is 2. The van der Waals surface area contributed by atoms with Crippen LogP contribution in [0.5, 0.6) is 0 Å². The highest BCUT2D eigenvalue weighted by molar-refractivity contribution is 5.98. The van der Waals surface area contributed by atoms with Crippen LogP contribution >= 0.6 is 0 Å². The first-order valence-electron chi connectivity index (χ1n) is 25.1. The van der Waals surface area contributed by atoms with Crippen LogP contribution in [0.1, 0.15) is 123 Å². The number of rotatable bonds is 23. The average molecular weight is 986 g/mol. The Hall–Kier alpha value is -5.35. The van der Waals surface area contributed by atoms with E-state index in [1.54, 1.807) is 30.3 Å². The van der Waals surface area contributed by atoms with Crippen molar-refractivity contribution in [1.29, 1.82) is 0 Å². The van der Waals surface area contributed by atoms with Gasteiger partial charge in [-0.3, -0.25) is 43.2 Å². The molecular formula is C49H83N11O10. The van der Waals surface area contributed by atoms with E-state index in [9.17, 15) is 48.3 Å². The lowest BCUT2D eigenvalue weighted by Crippen LogP contribution is -2.60. The summed E-state index contributed by atoms with van der Waals surface area (Å²) in [6, 6.07) is 0.949. The van der Waals surface area contributed by atoms with Gasteiger partial charge in [0.2, 0.25) is 41.4 Å². The Bertz CT molecular complexity index is 1840. The topological polar surface area (TPSA) is 362 Å². The molecule has 0 saturated carbocycles. The fraction of sp³-hybridized carbons (Fsp3) is 0.694. The van der Waals surface area contributed by atoms with Crippen molar-refractivity contribution in [3.8, 4) is 0 Å². The molecule has 0 bridgehead atoms. The zero-order valence-corrected chi connectivity index (χ0v) is 41.7. The smallest absolute Gasteiger partial charge is 0.243 e. The zero-order chi connectivity index (χ0) is 52.2. The van der Waals surface area contributed by atoms with Crippen LogP contribution in [0.4, 0.5) is 0 Å². The van der Waals surface area contributed by atoms with Crippen LogP contribution in [0.2, 0.25) is 0 Å². The average Bonchev–Trinajstić information content (AvgIpc) is 3.31. The van der Waals surface area contributed by atoms with Gasteiger partial charge >= 0.3 is 0 Å². The van der Waals surface area contributed by atoms with E-state index in [1.807, 2.05) is 13.8 Å². The van der Waals surface area contributed by atoms with Crippen molar-refractivity contribution in [3.05, 3.63) is 35.9 Å². The van der Waals surface area contributed by atoms with Crippen LogP contribution in [0.3, 0.4) is 0 Å². The lowest BCUT2D eigenvalue weighted by molar-refractivity contribution is -0.136. The van der Waals surface area contributed by atoms with E-state index in [2.05, 4.69) is 44.1 Å². The monoisotopic (exact) mass is 986 g/mol. The number of nitrogens with two attached hydrogens (primary N) is 4. The highest BCUT2D eigenvalue weighted by Crippen LogP contribution is 2.17. The molecule has 21 nitrogen and oxygen atoms in total. The molecule has 1 aromatic carbocycles. The highest BCUT2D eigenvalue weighted by Gasteiger charge is 2.36. The number of nitrogens with one attached hydrogen (secondary N) is 7. The molecule has 2 rings (SSSR count). The normalized spacial score (nSPS) is 23.7. The van der Waals surface area contributed by atoms with Gasteiger partial charge in [0, 0.05) is 38.1 Å². The molecule has 70 heavy (non-hydrogen) atoms. The molecule has 0 unspecified atom stereocenters. The number of amides is 7. The van der Waals surface area contributed by atoms with E-state index in [1.165, 1.54) is 6.92 Å². The summed E-state index contributed by atoms with van der Waals surface area (Å²) in [6.07, 6.45) is 2.58. The number of hydrogen-bond donors (Lipinski definition) is 12. The number of unbranched alkanes of at least 4 members (excludes halogenated alkanes) is 4. The van der Waals surface area contributed by atoms with Crippen LogP contribution < -0.4 is 60.2 Å². The van der Waals surface area contributed by atoms with Crippen molar-refractivity contribution >= 4 is 52.9 Å². The van der Waals surface area contributed by atoms with E-state index in [0.717, 1.165) is 25.7 Å². The standard InChI is InChI=1S/C49H83N11O10/c1-5-6-7-8-12-15-34(62)28-33(16-21-50)43(64)56-39-20-25-54-44(65)35(31(4)61)29-42(63)36(17-22-51)55-45(66)37(18-23-52)58-48(69)40(26-30(2)3)59-49(70)41(27-32-13-10-9-11-14-32)60-46(67)38(19-24-53)57-47(39)68/h9-11,13-14,30-31,33,35-41,61H,5-8,12,15-29,50-53H2,1-4H3,(H,54,65)(H,55,66)(H,56,64)(H,57,68)(H,58,69)(H,59,70)(H,60,67)/t31-,33+,35+,36+,37+,38+,39+,40+,41-/m1/s1. The van der Waals surface area contributed by atoms with Gasteiger partial charge < -0.3 is 65.3 Å². The highest BCUT2D eigenvalue weighted by atomic mass is 16.3. The van der Waals surface area contributed by atoms with Gasteiger partial charge in [0.25, 0.3) is 0 Å². The molecule has 1 saturated heterocycles. The van der Waals surface area contributed by atoms with Gasteiger partial charge in [0.1, 0.15) is 36.0 Å². The molecule has 394 valence electrons. The van der Waals surface area contributed by atoms with Crippen LogP contribution in [0.25, 0.3) is 0 Å². The van der Waals surface area contributed by atoms with Crippen molar-refractivity contribution in [2.24, 2.45) is 40.7 Å². The summed E-state index contributed by atoms with van der Waals surface area (Å²) in [7, 11) is 0. The number of carbonyl (C=O) groups excluding carboxylic acids is 9. The second-order valence-electron chi connectivity index (χ2n) is 18.7. The fourth-order valence-corrected chi connectivity index (χ4v) is 8.17. The molecule has 21 heteroatoms. The maximum Gasteiger partial charge on any atom is 0.243 e. The predicted octanol–water partition coefficient (Wildman–Crippen LogP) is -1.01. The van der Waals surface area contributed by atoms with Crippen molar-refractivity contribution in [2.45, 2.75) is 166 Å². The van der Waals surface area contributed by atoms with E-state index >= 15 is 0 Å². The number of carbonyl (C=O) groups is 9. The molecule has 16 N–H and O–H groups in total. The Balaban J connectivity index is 2.69. The first kappa shape index (κ1) is 60.8. The van der Waals surface area contributed by atoms with E-state index < -0.39 is 108 Å². The number of aliphatic hydroxyl groups excluding tert-OH is 1. The number of hydrogen-bond acceptors (Lipinski definition) is 14. The second kappa shape index (κ2) is 33.3. The summed E-state index contributed by atoms with van der Waals surface area (Å²) < 4.78 is 0. The van der Waals surface area contributed by atoms with Crippen molar-refractivity contribution < 1.29 is 48.3 Å². The van der Waals surface area contributed by atoms with Crippen LogP contribution in [0, 0.1) is 17.8 Å². The molecule has 0 aliphatic carbocycles. The Kier molecular flexibility index (Phi) is 28.9. The first-order chi connectivity index (χ1) is 33.4. The van der Waals surface area contributed by atoms with E-state index in [-0.39, 0.29) is 102 Å². The molecule has 0 spiro atoms. The van der Waals surface area contributed by atoms with E-state index in [0.29, 0.717) is 12.0 Å². The summed E-state index contributed by atoms with van der Waals surface area (Å²) in [5.74, 6) is -8.51. The number of ketones is 2. The lowest BCUT2D eigenvalue weighted by atomic mass is 9.92. The Morgan fingerprint density at radius 1 is 0.671 bits per heavy atom. The third-order valence-corrected chi connectivity index (χ3v) is 12.2. The summed E-state index contributed by atoms with van der Waals surface area (Å²) in [5, 5.41) is 29.5. The Morgan fingerprint density at radius 3 is 1.77 bits per heavy atom. The molecule has 0 radical (unpaired) electrons. The van der Waals surface area contributed by atoms with Gasteiger partial charge in [-0.05, 0) is 89.5 Å². The minimum atomic E-state index is -1.41. The fourth-order valence-electron chi connectivity index (χ4n) is 8.17. The molecular weight excluding hydrogens is 903 g/mol. The molecule has 1 aromatic rings. The maximum absolute atomic E-state index is 14.3. The minimum Gasteiger partial charge on any atom is -0.393 e. The van der Waals surface area contributed by atoms with Crippen LogP contribution in [-0.4, -0.2) is 133 Å². The van der Waals surface area contributed by atoms with Crippen molar-refractivity contribution in [1.82, 2.24) is 37.2 Å². The second-order valence-corrected chi connectivity index (χ2v) is 18.7. The molecule has 1 aliphatic heterocycles. The van der Waals surface area contributed by atoms with Crippen molar-refractivity contribution in [2.75, 3.05) is 32.7 Å². The zero-order valence-electron chi connectivity index (χ0n) is 41.7. The Morgan fingerprint density at radius 2 is 1.20 bits per heavy atom. The predicted molar refractivity (Wildman–Crippen MR) is 265 cm³/mol. The largest absolute Gasteiger partial charge is 0.393 e.